The average molecular weight is 176 g/mol. The van der Waals surface area contributed by atoms with Crippen LogP contribution in [0.3, 0.4) is 0 Å². The summed E-state index contributed by atoms with van der Waals surface area (Å²) in [5.74, 6) is 0. The van der Waals surface area contributed by atoms with Crippen molar-refractivity contribution < 1.29 is 0 Å². The predicted octanol–water partition coefficient (Wildman–Crippen LogP) is 0.0990. The van der Waals surface area contributed by atoms with Gasteiger partial charge in [0.05, 0.1) is 11.6 Å². The van der Waals surface area contributed by atoms with Crippen LogP contribution in [0.5, 0.6) is 0 Å². The maximum absolute atomic E-state index is 8.59. The van der Waals surface area contributed by atoms with E-state index in [1.165, 1.54) is 0 Å². The van der Waals surface area contributed by atoms with Crippen molar-refractivity contribution in [2.45, 2.75) is 6.04 Å². The van der Waals surface area contributed by atoms with Crippen molar-refractivity contribution in [2.75, 3.05) is 12.3 Å². The largest absolute Gasteiger partial charge is 0.398 e. The van der Waals surface area contributed by atoms with Crippen LogP contribution in [0.15, 0.2) is 18.2 Å². The van der Waals surface area contributed by atoms with E-state index in [9.17, 15) is 0 Å². The first kappa shape index (κ1) is 9.52. The van der Waals surface area contributed by atoms with E-state index in [-0.39, 0.29) is 6.04 Å². The molecule has 0 saturated carbocycles. The minimum atomic E-state index is -0.257. The van der Waals surface area contributed by atoms with Crippen LogP contribution in [0.1, 0.15) is 17.2 Å². The number of nitrogens with two attached hydrogens (primary N) is 3. The Morgan fingerprint density at radius 2 is 2.15 bits per heavy atom. The molecule has 1 atom stereocenters. The molecule has 0 bridgehead atoms. The number of nitriles is 1. The van der Waals surface area contributed by atoms with E-state index in [0.29, 0.717) is 17.8 Å². The molecule has 0 radical (unpaired) electrons. The third-order valence-electron chi connectivity index (χ3n) is 1.87. The molecule has 1 aromatic carbocycles. The molecule has 13 heavy (non-hydrogen) atoms. The molecule has 4 heteroatoms. The van der Waals surface area contributed by atoms with Gasteiger partial charge in [0, 0.05) is 18.3 Å². The third kappa shape index (κ3) is 1.96. The average Bonchev–Trinajstić information content (AvgIpc) is 2.16. The molecule has 1 aromatic rings. The molecular weight excluding hydrogens is 164 g/mol. The SMILES string of the molecule is N#Cc1ccc([C@@H](N)CN)c(N)c1. The second-order valence-electron chi connectivity index (χ2n) is 2.80. The van der Waals surface area contributed by atoms with Crippen LogP contribution < -0.4 is 17.2 Å². The fraction of sp³-hybridized carbons (Fsp3) is 0.222. The van der Waals surface area contributed by atoms with Gasteiger partial charge in [-0.05, 0) is 17.7 Å². The molecule has 0 spiro atoms. The number of anilines is 1. The van der Waals surface area contributed by atoms with E-state index < -0.39 is 0 Å². The summed E-state index contributed by atoms with van der Waals surface area (Å²) in [6.45, 7) is 0.343. The Labute approximate surface area is 76.9 Å². The Bertz CT molecular complexity index is 340. The van der Waals surface area contributed by atoms with Gasteiger partial charge < -0.3 is 17.2 Å². The normalized spacial score (nSPS) is 12.1. The van der Waals surface area contributed by atoms with Gasteiger partial charge in [-0.2, -0.15) is 5.26 Å². The van der Waals surface area contributed by atoms with Crippen molar-refractivity contribution >= 4 is 5.69 Å². The van der Waals surface area contributed by atoms with Gasteiger partial charge in [0.2, 0.25) is 0 Å². The molecular formula is C9H12N4. The highest BCUT2D eigenvalue weighted by molar-refractivity contribution is 5.53. The molecule has 6 N–H and O–H groups in total. The lowest BCUT2D eigenvalue weighted by Crippen LogP contribution is -2.21. The van der Waals surface area contributed by atoms with Gasteiger partial charge in [0.15, 0.2) is 0 Å². The molecule has 68 valence electrons. The number of benzene rings is 1. The smallest absolute Gasteiger partial charge is 0.0992 e. The van der Waals surface area contributed by atoms with Gasteiger partial charge >= 0.3 is 0 Å². The molecule has 0 heterocycles. The van der Waals surface area contributed by atoms with Crippen LogP contribution in [-0.4, -0.2) is 6.54 Å². The van der Waals surface area contributed by atoms with Crippen molar-refractivity contribution in [2.24, 2.45) is 11.5 Å². The summed E-state index contributed by atoms with van der Waals surface area (Å²) in [6, 6.07) is 6.77. The minimum absolute atomic E-state index is 0.257. The van der Waals surface area contributed by atoms with Crippen molar-refractivity contribution in [3.8, 4) is 6.07 Å². The predicted molar refractivity (Wildman–Crippen MR) is 51.6 cm³/mol. The number of hydrogen-bond donors (Lipinski definition) is 3. The Morgan fingerprint density at radius 3 is 2.62 bits per heavy atom. The molecule has 0 aromatic heterocycles. The molecule has 0 aliphatic carbocycles. The summed E-state index contributed by atoms with van der Waals surface area (Å²) in [7, 11) is 0. The summed E-state index contributed by atoms with van der Waals surface area (Å²) >= 11 is 0. The van der Waals surface area contributed by atoms with Crippen LogP contribution in [0.2, 0.25) is 0 Å². The first-order chi connectivity index (χ1) is 6.19. The number of nitrogens with zero attached hydrogens (tertiary/aromatic N) is 1. The zero-order valence-electron chi connectivity index (χ0n) is 7.20. The Hall–Kier alpha value is -1.57. The molecule has 0 unspecified atom stereocenters. The second kappa shape index (κ2) is 3.90. The van der Waals surface area contributed by atoms with E-state index in [2.05, 4.69) is 0 Å². The fourth-order valence-electron chi connectivity index (χ4n) is 1.11. The van der Waals surface area contributed by atoms with E-state index in [4.69, 9.17) is 22.5 Å². The summed E-state index contributed by atoms with van der Waals surface area (Å²) in [4.78, 5) is 0. The first-order valence-electron chi connectivity index (χ1n) is 3.94. The van der Waals surface area contributed by atoms with Gasteiger partial charge in [-0.3, -0.25) is 0 Å². The summed E-state index contributed by atoms with van der Waals surface area (Å²) in [5, 5.41) is 8.59. The van der Waals surface area contributed by atoms with Gasteiger partial charge in [-0.15, -0.1) is 0 Å². The maximum Gasteiger partial charge on any atom is 0.0992 e. The lowest BCUT2D eigenvalue weighted by Gasteiger charge is -2.11. The van der Waals surface area contributed by atoms with Crippen LogP contribution >= 0.6 is 0 Å². The molecule has 0 saturated heterocycles. The summed E-state index contributed by atoms with van der Waals surface area (Å²) in [6.07, 6.45) is 0. The van der Waals surface area contributed by atoms with E-state index in [1.54, 1.807) is 18.2 Å². The van der Waals surface area contributed by atoms with Crippen molar-refractivity contribution in [3.05, 3.63) is 29.3 Å². The minimum Gasteiger partial charge on any atom is -0.398 e. The first-order valence-corrected chi connectivity index (χ1v) is 3.94. The highest BCUT2D eigenvalue weighted by atomic mass is 14.7. The monoisotopic (exact) mass is 176 g/mol. The van der Waals surface area contributed by atoms with E-state index in [0.717, 1.165) is 5.56 Å². The van der Waals surface area contributed by atoms with Gasteiger partial charge in [-0.25, -0.2) is 0 Å². The van der Waals surface area contributed by atoms with Gasteiger partial charge in [-0.1, -0.05) is 6.07 Å². The molecule has 0 amide bonds. The van der Waals surface area contributed by atoms with Crippen LogP contribution in [0.4, 0.5) is 5.69 Å². The molecule has 0 aliphatic heterocycles. The maximum atomic E-state index is 8.59. The Balaban J connectivity index is 3.07. The molecule has 4 nitrogen and oxygen atoms in total. The zero-order valence-corrected chi connectivity index (χ0v) is 7.20. The van der Waals surface area contributed by atoms with Gasteiger partial charge in [0.1, 0.15) is 0 Å². The van der Waals surface area contributed by atoms with Crippen molar-refractivity contribution in [1.82, 2.24) is 0 Å². The molecule has 0 fully saturated rings. The van der Waals surface area contributed by atoms with Crippen molar-refractivity contribution in [3.63, 3.8) is 0 Å². The van der Waals surface area contributed by atoms with E-state index in [1.807, 2.05) is 6.07 Å². The Kier molecular flexibility index (Phi) is 2.85. The summed E-state index contributed by atoms with van der Waals surface area (Å²) < 4.78 is 0. The lowest BCUT2D eigenvalue weighted by molar-refractivity contribution is 0.739. The quantitative estimate of drug-likeness (QED) is 0.556. The van der Waals surface area contributed by atoms with Crippen molar-refractivity contribution in [1.29, 1.82) is 5.26 Å². The Morgan fingerprint density at radius 1 is 1.46 bits per heavy atom. The molecule has 1 rings (SSSR count). The highest BCUT2D eigenvalue weighted by Gasteiger charge is 2.07. The highest BCUT2D eigenvalue weighted by Crippen LogP contribution is 2.18. The summed E-state index contributed by atoms with van der Waals surface area (Å²) in [5.41, 5.74) is 18.6. The number of rotatable bonds is 2. The lowest BCUT2D eigenvalue weighted by atomic mass is 10.0. The van der Waals surface area contributed by atoms with Crippen LogP contribution in [-0.2, 0) is 0 Å². The van der Waals surface area contributed by atoms with E-state index >= 15 is 0 Å². The topological polar surface area (TPSA) is 102 Å². The third-order valence-corrected chi connectivity index (χ3v) is 1.87. The molecule has 0 aliphatic rings. The fourth-order valence-corrected chi connectivity index (χ4v) is 1.11. The second-order valence-corrected chi connectivity index (χ2v) is 2.80. The van der Waals surface area contributed by atoms with Gasteiger partial charge in [0.25, 0.3) is 0 Å². The standard InChI is InChI=1S/C9H12N4/c10-4-6-1-2-7(8(12)3-6)9(13)5-11/h1-3,9H,5,11-13H2/t9-/m0/s1. The number of hydrogen-bond acceptors (Lipinski definition) is 4. The zero-order chi connectivity index (χ0) is 9.84. The number of nitrogen functional groups attached to an aromatic ring is 1. The van der Waals surface area contributed by atoms with Crippen LogP contribution in [0, 0.1) is 11.3 Å². The van der Waals surface area contributed by atoms with Crippen LogP contribution in [0.25, 0.3) is 0 Å².